The predicted octanol–water partition coefficient (Wildman–Crippen LogP) is 2.83. The molecule has 31 heavy (non-hydrogen) atoms. The summed E-state index contributed by atoms with van der Waals surface area (Å²) < 4.78 is 13.4. The number of rotatable bonds is 2. The van der Waals surface area contributed by atoms with Crippen LogP contribution in [0.4, 0.5) is 20.6 Å². The van der Waals surface area contributed by atoms with E-state index in [-0.39, 0.29) is 23.9 Å². The molecule has 0 bridgehead atoms. The van der Waals surface area contributed by atoms with Crippen molar-refractivity contribution in [2.45, 2.75) is 32.0 Å². The van der Waals surface area contributed by atoms with E-state index in [9.17, 15) is 9.18 Å². The quantitative estimate of drug-likeness (QED) is 0.696. The Labute approximate surface area is 181 Å². The third-order valence-electron chi connectivity index (χ3n) is 6.62. The number of anilines is 2. The second-order valence-corrected chi connectivity index (χ2v) is 8.42. The highest BCUT2D eigenvalue weighted by Crippen LogP contribution is 2.35. The summed E-state index contributed by atoms with van der Waals surface area (Å²) in [4.78, 5) is 18.8. The molecule has 0 aromatic heterocycles. The molecule has 2 aromatic carbocycles. The molecular formula is C23H27FN6O. The van der Waals surface area contributed by atoms with Gasteiger partial charge in [-0.1, -0.05) is 18.2 Å². The van der Waals surface area contributed by atoms with Crippen LogP contribution in [0.3, 0.4) is 0 Å². The van der Waals surface area contributed by atoms with E-state index in [2.05, 4.69) is 45.6 Å². The summed E-state index contributed by atoms with van der Waals surface area (Å²) in [6.45, 7) is 5.60. The molecule has 0 aliphatic carbocycles. The molecule has 3 aliphatic heterocycles. The minimum Gasteiger partial charge on any atom is -0.334 e. The standard InChI is InChI=1S/C23H27FN6O/c1-15-21-14-28(23(31)27-18-6-3-5-17(24)12-18)10-11-29(21)22(25)30(15)20-7-2-4-16-13-26-9-8-19(16)20/h2-7,12,15,21,25-26H,8-11,13-14H2,1H3,(H,27,31). The van der Waals surface area contributed by atoms with Crippen LogP contribution in [0.5, 0.6) is 0 Å². The Balaban J connectivity index is 1.35. The van der Waals surface area contributed by atoms with Gasteiger partial charge < -0.3 is 25.3 Å². The van der Waals surface area contributed by atoms with Crippen LogP contribution in [0.2, 0.25) is 0 Å². The molecule has 3 N–H and O–H groups in total. The number of guanidine groups is 1. The summed E-state index contributed by atoms with van der Waals surface area (Å²) >= 11 is 0. The zero-order valence-corrected chi connectivity index (χ0v) is 17.6. The molecule has 2 aromatic rings. The van der Waals surface area contributed by atoms with Crippen LogP contribution in [-0.2, 0) is 13.0 Å². The lowest BCUT2D eigenvalue weighted by Gasteiger charge is -2.38. The van der Waals surface area contributed by atoms with Crippen molar-refractivity contribution in [3.05, 3.63) is 59.4 Å². The molecular weight excluding hydrogens is 395 g/mol. The fourth-order valence-electron chi connectivity index (χ4n) is 5.01. The van der Waals surface area contributed by atoms with E-state index in [0.29, 0.717) is 31.3 Å². The molecule has 2 amide bonds. The van der Waals surface area contributed by atoms with Crippen LogP contribution in [0.1, 0.15) is 18.1 Å². The minimum absolute atomic E-state index is 0.0390. The molecule has 2 saturated heterocycles. The van der Waals surface area contributed by atoms with Crippen molar-refractivity contribution in [1.82, 2.24) is 15.1 Å². The number of hydrogen-bond donors (Lipinski definition) is 3. The summed E-state index contributed by atoms with van der Waals surface area (Å²) in [6, 6.07) is 12.1. The summed E-state index contributed by atoms with van der Waals surface area (Å²) in [5, 5.41) is 15.1. The van der Waals surface area contributed by atoms with Crippen LogP contribution < -0.4 is 15.5 Å². The van der Waals surface area contributed by atoms with E-state index in [0.717, 1.165) is 25.2 Å². The fraction of sp³-hybridized carbons (Fsp3) is 0.391. The van der Waals surface area contributed by atoms with Gasteiger partial charge in [-0.05, 0) is 55.3 Å². The Morgan fingerprint density at radius 1 is 1.23 bits per heavy atom. The van der Waals surface area contributed by atoms with Crippen molar-refractivity contribution >= 4 is 23.4 Å². The summed E-state index contributed by atoms with van der Waals surface area (Å²) in [5.41, 5.74) is 4.18. The third-order valence-corrected chi connectivity index (χ3v) is 6.62. The number of amides is 2. The molecule has 2 fully saturated rings. The van der Waals surface area contributed by atoms with Crippen molar-refractivity contribution in [1.29, 1.82) is 5.41 Å². The number of urea groups is 1. The SMILES string of the molecule is CC1C2CN(C(=O)Nc3cccc(F)c3)CCN2C(=N)N1c1cccc2c1CCNC2. The van der Waals surface area contributed by atoms with Gasteiger partial charge in [-0.3, -0.25) is 5.41 Å². The van der Waals surface area contributed by atoms with E-state index in [4.69, 9.17) is 5.41 Å². The maximum atomic E-state index is 13.4. The van der Waals surface area contributed by atoms with Gasteiger partial charge in [-0.2, -0.15) is 0 Å². The zero-order chi connectivity index (χ0) is 21.5. The van der Waals surface area contributed by atoms with E-state index in [1.165, 1.54) is 23.3 Å². The number of carbonyl (C=O) groups is 1. The van der Waals surface area contributed by atoms with Crippen LogP contribution >= 0.6 is 0 Å². The monoisotopic (exact) mass is 422 g/mol. The van der Waals surface area contributed by atoms with Crippen molar-refractivity contribution in [3.63, 3.8) is 0 Å². The van der Waals surface area contributed by atoms with Crippen LogP contribution in [-0.4, -0.2) is 60.1 Å². The molecule has 2 atom stereocenters. The predicted molar refractivity (Wildman–Crippen MR) is 119 cm³/mol. The fourth-order valence-corrected chi connectivity index (χ4v) is 5.01. The number of hydrogen-bond acceptors (Lipinski definition) is 3. The van der Waals surface area contributed by atoms with E-state index < -0.39 is 0 Å². The molecule has 3 heterocycles. The molecule has 0 radical (unpaired) electrons. The van der Waals surface area contributed by atoms with Gasteiger partial charge in [0.1, 0.15) is 5.82 Å². The largest absolute Gasteiger partial charge is 0.334 e. The summed E-state index contributed by atoms with van der Waals surface area (Å²) in [5.74, 6) is 0.132. The van der Waals surface area contributed by atoms with Crippen molar-refractivity contribution in [2.24, 2.45) is 0 Å². The third kappa shape index (κ3) is 3.50. The highest BCUT2D eigenvalue weighted by molar-refractivity contribution is 5.98. The lowest BCUT2D eigenvalue weighted by Crippen LogP contribution is -2.56. The molecule has 8 heteroatoms. The average Bonchev–Trinajstić information content (AvgIpc) is 3.03. The Morgan fingerprint density at radius 2 is 2.06 bits per heavy atom. The summed E-state index contributed by atoms with van der Waals surface area (Å²) in [6.07, 6.45) is 0.953. The molecule has 7 nitrogen and oxygen atoms in total. The van der Waals surface area contributed by atoms with Gasteiger partial charge in [0.05, 0.1) is 12.1 Å². The second kappa shape index (κ2) is 7.85. The smallest absolute Gasteiger partial charge is 0.321 e. The first-order chi connectivity index (χ1) is 15.0. The first-order valence-electron chi connectivity index (χ1n) is 10.8. The van der Waals surface area contributed by atoms with Gasteiger partial charge in [0.15, 0.2) is 5.96 Å². The second-order valence-electron chi connectivity index (χ2n) is 8.42. The lowest BCUT2D eigenvalue weighted by molar-refractivity contribution is 0.148. The molecule has 0 spiro atoms. The maximum absolute atomic E-state index is 13.4. The Morgan fingerprint density at radius 3 is 2.90 bits per heavy atom. The molecule has 162 valence electrons. The number of fused-ring (bicyclic) bond motifs is 2. The molecule has 2 unspecified atom stereocenters. The number of benzene rings is 2. The average molecular weight is 423 g/mol. The van der Waals surface area contributed by atoms with Crippen LogP contribution in [0, 0.1) is 11.2 Å². The Bertz CT molecular complexity index is 1030. The number of carbonyl (C=O) groups excluding carboxylic acids is 1. The summed E-state index contributed by atoms with van der Waals surface area (Å²) in [7, 11) is 0. The van der Waals surface area contributed by atoms with Gasteiger partial charge in [-0.15, -0.1) is 0 Å². The Hall–Kier alpha value is -3.13. The number of halogens is 1. The van der Waals surface area contributed by atoms with Crippen LogP contribution in [0.15, 0.2) is 42.5 Å². The minimum atomic E-state index is -0.377. The normalized spacial score (nSPS) is 22.9. The molecule has 0 saturated carbocycles. The van der Waals surface area contributed by atoms with Crippen molar-refractivity contribution in [3.8, 4) is 0 Å². The molecule has 3 aliphatic rings. The van der Waals surface area contributed by atoms with Gasteiger partial charge in [0, 0.05) is 37.6 Å². The van der Waals surface area contributed by atoms with E-state index in [1.54, 1.807) is 17.0 Å². The highest BCUT2D eigenvalue weighted by Gasteiger charge is 2.45. The Kier molecular flexibility index (Phi) is 5.02. The maximum Gasteiger partial charge on any atom is 0.321 e. The number of piperazine rings is 1. The first-order valence-corrected chi connectivity index (χ1v) is 10.8. The van der Waals surface area contributed by atoms with Crippen molar-refractivity contribution < 1.29 is 9.18 Å². The highest BCUT2D eigenvalue weighted by atomic mass is 19.1. The lowest BCUT2D eigenvalue weighted by atomic mass is 9.97. The molecule has 5 rings (SSSR count). The topological polar surface area (TPSA) is 74.7 Å². The van der Waals surface area contributed by atoms with E-state index in [1.807, 2.05) is 0 Å². The number of nitrogens with zero attached hydrogens (tertiary/aromatic N) is 3. The van der Waals surface area contributed by atoms with E-state index >= 15 is 0 Å². The van der Waals surface area contributed by atoms with Gasteiger partial charge in [0.2, 0.25) is 0 Å². The van der Waals surface area contributed by atoms with Gasteiger partial charge in [0.25, 0.3) is 0 Å². The van der Waals surface area contributed by atoms with Gasteiger partial charge in [-0.25, -0.2) is 9.18 Å². The first kappa shape index (κ1) is 19.8. The van der Waals surface area contributed by atoms with Crippen LogP contribution in [0.25, 0.3) is 0 Å². The van der Waals surface area contributed by atoms with Gasteiger partial charge >= 0.3 is 6.03 Å². The zero-order valence-electron chi connectivity index (χ0n) is 17.6. The van der Waals surface area contributed by atoms with Crippen molar-refractivity contribution in [2.75, 3.05) is 36.4 Å². The number of nitrogens with one attached hydrogen (secondary N) is 3.